The fraction of sp³-hybridized carbons (Fsp3) is 0.375. The normalized spacial score (nSPS) is 17.5. The van der Waals surface area contributed by atoms with Crippen LogP contribution in [0.2, 0.25) is 0 Å². The smallest absolute Gasteiger partial charge is 0.475 e. The summed E-state index contributed by atoms with van der Waals surface area (Å²) in [7, 11) is 0. The second kappa shape index (κ2) is 11.3. The van der Waals surface area contributed by atoms with Gasteiger partial charge in [0.05, 0.1) is 25.1 Å². The molecule has 182 valence electrons. The molecule has 1 N–H and O–H groups in total. The molecular formula is C24H27F3N4O3. The molecule has 0 saturated carbocycles. The van der Waals surface area contributed by atoms with Gasteiger partial charge >= 0.3 is 12.1 Å². The van der Waals surface area contributed by atoms with Crippen LogP contribution in [0.3, 0.4) is 0 Å². The first kappa shape index (κ1) is 25.4. The molecule has 34 heavy (non-hydrogen) atoms. The zero-order valence-corrected chi connectivity index (χ0v) is 18.9. The van der Waals surface area contributed by atoms with Crippen molar-refractivity contribution in [3.63, 3.8) is 0 Å². The van der Waals surface area contributed by atoms with Crippen LogP contribution in [0.5, 0.6) is 0 Å². The second-order valence-corrected chi connectivity index (χ2v) is 8.06. The molecule has 10 heteroatoms. The van der Waals surface area contributed by atoms with Gasteiger partial charge in [0.2, 0.25) is 0 Å². The molecule has 1 aliphatic rings. The Kier molecular flexibility index (Phi) is 8.41. The van der Waals surface area contributed by atoms with Gasteiger partial charge in [0.25, 0.3) is 0 Å². The zero-order valence-electron chi connectivity index (χ0n) is 18.9. The molecule has 2 heterocycles. The number of carboxylic acids is 1. The third-order valence-electron chi connectivity index (χ3n) is 5.53. The molecular weight excluding hydrogens is 449 g/mol. The number of aliphatic carboxylic acids is 1. The van der Waals surface area contributed by atoms with E-state index in [2.05, 4.69) is 83.8 Å². The average Bonchev–Trinajstić information content (AvgIpc) is 3.25. The van der Waals surface area contributed by atoms with Crippen molar-refractivity contribution in [2.24, 2.45) is 0 Å². The lowest BCUT2D eigenvalue weighted by Gasteiger charge is -2.32. The molecule has 0 spiro atoms. The van der Waals surface area contributed by atoms with E-state index >= 15 is 0 Å². The highest BCUT2D eigenvalue weighted by molar-refractivity contribution is 5.73. The van der Waals surface area contributed by atoms with E-state index in [9.17, 15) is 13.2 Å². The monoisotopic (exact) mass is 476 g/mol. The summed E-state index contributed by atoms with van der Waals surface area (Å²) < 4.78 is 39.3. The summed E-state index contributed by atoms with van der Waals surface area (Å²) in [4.78, 5) is 11.3. The quantitative estimate of drug-likeness (QED) is 0.598. The van der Waals surface area contributed by atoms with Gasteiger partial charge in [-0.05, 0) is 30.5 Å². The minimum atomic E-state index is -5.08. The molecule has 3 aromatic rings. The van der Waals surface area contributed by atoms with Gasteiger partial charge < -0.3 is 9.84 Å². The Bertz CT molecular complexity index is 1070. The van der Waals surface area contributed by atoms with Crippen LogP contribution in [0.25, 0.3) is 0 Å². The van der Waals surface area contributed by atoms with Gasteiger partial charge in [-0.25, -0.2) is 9.48 Å². The molecule has 0 amide bonds. The highest BCUT2D eigenvalue weighted by Gasteiger charge is 2.38. The zero-order chi connectivity index (χ0) is 24.7. The number of aryl methyl sites for hydroxylation is 1. The van der Waals surface area contributed by atoms with Gasteiger partial charge in [0.15, 0.2) is 0 Å². The van der Waals surface area contributed by atoms with Gasteiger partial charge in [-0.15, -0.1) is 5.10 Å². The van der Waals surface area contributed by atoms with Crippen molar-refractivity contribution in [3.8, 4) is 0 Å². The van der Waals surface area contributed by atoms with Gasteiger partial charge in [0.1, 0.15) is 6.04 Å². The minimum Gasteiger partial charge on any atom is -0.475 e. The van der Waals surface area contributed by atoms with Crippen LogP contribution in [0.15, 0.2) is 60.8 Å². The average molecular weight is 476 g/mol. The number of morpholine rings is 1. The third kappa shape index (κ3) is 6.64. The van der Waals surface area contributed by atoms with Crippen molar-refractivity contribution in [2.75, 3.05) is 19.8 Å². The summed E-state index contributed by atoms with van der Waals surface area (Å²) in [5.41, 5.74) is 4.71. The predicted octanol–water partition coefficient (Wildman–Crippen LogP) is 4.08. The van der Waals surface area contributed by atoms with Crippen LogP contribution < -0.4 is 0 Å². The van der Waals surface area contributed by atoms with Crippen molar-refractivity contribution in [1.82, 2.24) is 19.9 Å². The lowest BCUT2D eigenvalue weighted by atomic mass is 9.95. The topological polar surface area (TPSA) is 80.5 Å². The summed E-state index contributed by atoms with van der Waals surface area (Å²) in [6, 6.07) is 19.4. The SMILES string of the molecule is Cc1ccccc1C(c1ccccc1)n1cc(CN2CCOC[C@H]2C)nn1.O=C(O)C(F)(F)F. The van der Waals surface area contributed by atoms with E-state index in [0.717, 1.165) is 32.0 Å². The van der Waals surface area contributed by atoms with Gasteiger partial charge in [-0.1, -0.05) is 59.8 Å². The van der Waals surface area contributed by atoms with Crippen molar-refractivity contribution in [1.29, 1.82) is 0 Å². The molecule has 0 bridgehead atoms. The number of halogens is 3. The lowest BCUT2D eigenvalue weighted by molar-refractivity contribution is -0.192. The summed E-state index contributed by atoms with van der Waals surface area (Å²) in [6.07, 6.45) is -2.99. The van der Waals surface area contributed by atoms with Crippen molar-refractivity contribution in [2.45, 2.75) is 38.7 Å². The molecule has 7 nitrogen and oxygen atoms in total. The molecule has 2 atom stereocenters. The number of rotatable bonds is 5. The maximum atomic E-state index is 10.6. The Balaban J connectivity index is 0.000000406. The Morgan fingerprint density at radius 2 is 1.82 bits per heavy atom. The molecule has 2 aromatic carbocycles. The van der Waals surface area contributed by atoms with Crippen molar-refractivity contribution in [3.05, 3.63) is 83.2 Å². The molecule has 1 aromatic heterocycles. The number of carboxylic acid groups (broad SMARTS) is 1. The number of carbonyl (C=O) groups is 1. The number of nitrogens with zero attached hydrogens (tertiary/aromatic N) is 4. The molecule has 1 aliphatic heterocycles. The molecule has 1 fully saturated rings. The number of hydrogen-bond acceptors (Lipinski definition) is 5. The van der Waals surface area contributed by atoms with Gasteiger partial charge in [-0.2, -0.15) is 13.2 Å². The van der Waals surface area contributed by atoms with E-state index in [-0.39, 0.29) is 6.04 Å². The molecule has 4 rings (SSSR count). The molecule has 1 saturated heterocycles. The van der Waals surface area contributed by atoms with E-state index in [1.54, 1.807) is 0 Å². The first-order valence-electron chi connectivity index (χ1n) is 10.8. The lowest BCUT2D eigenvalue weighted by Crippen LogP contribution is -2.43. The highest BCUT2D eigenvalue weighted by Crippen LogP contribution is 2.28. The molecule has 0 aliphatic carbocycles. The standard InChI is InChI=1S/C22H26N4O.C2HF3O2/c1-17-8-6-7-11-21(17)22(19-9-4-3-5-10-19)26-15-20(23-24-26)14-25-12-13-27-16-18(25)2;3-2(4,5)1(6)7/h3-11,15,18,22H,12-14,16H2,1-2H3;(H,6,7)/t18-,22?;/m1./s1. The number of hydrogen-bond donors (Lipinski definition) is 1. The molecule has 0 radical (unpaired) electrons. The van der Waals surface area contributed by atoms with Crippen LogP contribution in [0, 0.1) is 6.92 Å². The fourth-order valence-corrected chi connectivity index (χ4v) is 3.72. The van der Waals surface area contributed by atoms with E-state index < -0.39 is 12.1 Å². The van der Waals surface area contributed by atoms with Crippen LogP contribution in [0.1, 0.15) is 35.3 Å². The van der Waals surface area contributed by atoms with Crippen LogP contribution in [-0.4, -0.2) is 62.9 Å². The second-order valence-electron chi connectivity index (χ2n) is 8.06. The highest BCUT2D eigenvalue weighted by atomic mass is 19.4. The number of ether oxygens (including phenoxy) is 1. The van der Waals surface area contributed by atoms with Crippen LogP contribution in [0.4, 0.5) is 13.2 Å². The Morgan fingerprint density at radius 3 is 2.44 bits per heavy atom. The Morgan fingerprint density at radius 1 is 1.18 bits per heavy atom. The van der Waals surface area contributed by atoms with Gasteiger partial charge in [-0.3, -0.25) is 4.90 Å². The van der Waals surface area contributed by atoms with E-state index in [4.69, 9.17) is 14.6 Å². The van der Waals surface area contributed by atoms with Gasteiger partial charge in [0, 0.05) is 19.1 Å². The van der Waals surface area contributed by atoms with Crippen molar-refractivity contribution < 1.29 is 27.8 Å². The Labute approximate surface area is 195 Å². The minimum absolute atomic E-state index is 0.0239. The summed E-state index contributed by atoms with van der Waals surface area (Å²) in [5.74, 6) is -2.76. The summed E-state index contributed by atoms with van der Waals surface area (Å²) >= 11 is 0. The van der Waals surface area contributed by atoms with E-state index in [0.29, 0.717) is 6.04 Å². The Hall–Kier alpha value is -3.24. The van der Waals surface area contributed by atoms with Crippen LogP contribution in [-0.2, 0) is 16.1 Å². The summed E-state index contributed by atoms with van der Waals surface area (Å²) in [5, 5.41) is 16.1. The first-order chi connectivity index (χ1) is 16.2. The maximum absolute atomic E-state index is 10.6. The summed E-state index contributed by atoms with van der Waals surface area (Å²) in [6.45, 7) is 7.66. The largest absolute Gasteiger partial charge is 0.490 e. The van der Waals surface area contributed by atoms with Crippen LogP contribution >= 0.6 is 0 Å². The molecule has 1 unspecified atom stereocenters. The maximum Gasteiger partial charge on any atom is 0.490 e. The third-order valence-corrected chi connectivity index (χ3v) is 5.53. The number of aromatic nitrogens is 3. The van der Waals surface area contributed by atoms with E-state index in [1.165, 1.54) is 16.7 Å². The number of alkyl halides is 3. The predicted molar refractivity (Wildman–Crippen MR) is 119 cm³/mol. The first-order valence-corrected chi connectivity index (χ1v) is 10.8. The van der Waals surface area contributed by atoms with Crippen molar-refractivity contribution >= 4 is 5.97 Å². The van der Waals surface area contributed by atoms with E-state index in [1.807, 2.05) is 10.7 Å². The number of benzene rings is 2. The fourth-order valence-electron chi connectivity index (χ4n) is 3.72.